The summed E-state index contributed by atoms with van der Waals surface area (Å²) in [6, 6.07) is 10.7. The molecule has 3 N–H and O–H groups in total. The van der Waals surface area contributed by atoms with E-state index in [0.717, 1.165) is 0 Å². The molecule has 0 radical (unpaired) electrons. The highest BCUT2D eigenvalue weighted by Crippen LogP contribution is 2.30. The average Bonchev–Trinajstić information content (AvgIpc) is 2.81. The van der Waals surface area contributed by atoms with Crippen molar-refractivity contribution in [2.75, 3.05) is 48.3 Å². The molecule has 1 unspecified atom stereocenters. The predicted molar refractivity (Wildman–Crippen MR) is 126 cm³/mol. The summed E-state index contributed by atoms with van der Waals surface area (Å²) >= 11 is 1.57. The Morgan fingerprint density at radius 1 is 1.19 bits per heavy atom. The van der Waals surface area contributed by atoms with E-state index >= 15 is 0 Å². The summed E-state index contributed by atoms with van der Waals surface area (Å²) in [5.41, 5.74) is 1.59. The van der Waals surface area contributed by atoms with Gasteiger partial charge < -0.3 is 25.4 Å². The second kappa shape index (κ2) is 10.8. The molecule has 9 nitrogen and oxygen atoms in total. The number of fused-ring (bicyclic) bond motifs is 1. The summed E-state index contributed by atoms with van der Waals surface area (Å²) in [7, 11) is 3.04. The quantitative estimate of drug-likeness (QED) is 0.561. The van der Waals surface area contributed by atoms with Crippen LogP contribution in [0.25, 0.3) is 0 Å². The van der Waals surface area contributed by atoms with Crippen molar-refractivity contribution in [3.05, 3.63) is 42.5 Å². The molecule has 0 fully saturated rings. The summed E-state index contributed by atoms with van der Waals surface area (Å²) in [5, 5.41) is 8.34. The standard InChI is InChI=1S/C22H26N4O5S/c1-30-14-8-9-16(19(12-14)31-2)24-21(28)17(10-11-32-3)25-22(29)26-13-20(27)23-15-6-4-5-7-18(15)26/h4-9,12,17H,10-11,13H2,1-3H3,(H,23,27)(H,24,28)(H,25,29). The molecule has 10 heteroatoms. The number of anilines is 3. The van der Waals surface area contributed by atoms with Crippen LogP contribution in [0, 0.1) is 0 Å². The third kappa shape index (κ3) is 5.44. The van der Waals surface area contributed by atoms with Crippen molar-refractivity contribution < 1.29 is 23.9 Å². The van der Waals surface area contributed by atoms with Gasteiger partial charge in [0.15, 0.2) is 0 Å². The fraction of sp³-hybridized carbons (Fsp3) is 0.318. The number of ether oxygens (including phenoxy) is 2. The lowest BCUT2D eigenvalue weighted by atomic mass is 10.1. The number of thioether (sulfide) groups is 1. The molecular formula is C22H26N4O5S. The van der Waals surface area contributed by atoms with Gasteiger partial charge in [-0.05, 0) is 42.7 Å². The van der Waals surface area contributed by atoms with Gasteiger partial charge in [-0.15, -0.1) is 0 Å². The lowest BCUT2D eigenvalue weighted by Crippen LogP contribution is -2.53. The maximum absolute atomic E-state index is 13.1. The SMILES string of the molecule is COc1ccc(NC(=O)C(CCSC)NC(=O)N2CC(=O)Nc3ccccc32)c(OC)c1. The van der Waals surface area contributed by atoms with Crippen LogP contribution in [-0.4, -0.2) is 56.7 Å². The summed E-state index contributed by atoms with van der Waals surface area (Å²) in [6.45, 7) is -0.133. The number of nitrogens with one attached hydrogen (secondary N) is 3. The number of carbonyl (C=O) groups excluding carboxylic acids is 3. The topological polar surface area (TPSA) is 109 Å². The van der Waals surface area contributed by atoms with Gasteiger partial charge in [0.05, 0.1) is 31.3 Å². The van der Waals surface area contributed by atoms with E-state index in [1.54, 1.807) is 61.3 Å². The number of methoxy groups -OCH3 is 2. The van der Waals surface area contributed by atoms with E-state index in [1.165, 1.54) is 12.0 Å². The molecule has 2 aromatic rings. The molecule has 3 rings (SSSR count). The van der Waals surface area contributed by atoms with Gasteiger partial charge in [0.1, 0.15) is 24.1 Å². The number of benzene rings is 2. The molecule has 1 atom stereocenters. The van der Waals surface area contributed by atoms with Gasteiger partial charge in [-0.2, -0.15) is 11.8 Å². The number of urea groups is 1. The molecule has 0 spiro atoms. The number of rotatable bonds is 8. The van der Waals surface area contributed by atoms with Crippen molar-refractivity contribution in [1.82, 2.24) is 5.32 Å². The Hall–Kier alpha value is -3.40. The van der Waals surface area contributed by atoms with Gasteiger partial charge in [-0.1, -0.05) is 12.1 Å². The largest absolute Gasteiger partial charge is 0.497 e. The summed E-state index contributed by atoms with van der Waals surface area (Å²) in [6.07, 6.45) is 2.34. The summed E-state index contributed by atoms with van der Waals surface area (Å²) < 4.78 is 10.5. The molecule has 0 saturated carbocycles. The molecule has 32 heavy (non-hydrogen) atoms. The van der Waals surface area contributed by atoms with Crippen LogP contribution in [0.5, 0.6) is 11.5 Å². The molecule has 0 saturated heterocycles. The molecule has 1 aliphatic rings. The number of hydrogen-bond donors (Lipinski definition) is 3. The first-order valence-corrected chi connectivity index (χ1v) is 11.3. The van der Waals surface area contributed by atoms with Crippen LogP contribution < -0.4 is 30.3 Å². The van der Waals surface area contributed by atoms with Crippen molar-refractivity contribution in [2.45, 2.75) is 12.5 Å². The minimum atomic E-state index is -0.807. The number of amides is 4. The van der Waals surface area contributed by atoms with Crippen LogP contribution in [0.3, 0.4) is 0 Å². The molecule has 2 aromatic carbocycles. The fourth-order valence-corrected chi connectivity index (χ4v) is 3.74. The Bertz CT molecular complexity index is 1000. The predicted octanol–water partition coefficient (Wildman–Crippen LogP) is 2.93. The minimum absolute atomic E-state index is 0.133. The Balaban J connectivity index is 1.77. The second-order valence-corrected chi connectivity index (χ2v) is 7.98. The second-order valence-electron chi connectivity index (χ2n) is 6.99. The van der Waals surface area contributed by atoms with Crippen LogP contribution >= 0.6 is 11.8 Å². The first-order chi connectivity index (χ1) is 15.5. The highest BCUT2D eigenvalue weighted by Gasteiger charge is 2.30. The third-order valence-electron chi connectivity index (χ3n) is 4.91. The van der Waals surface area contributed by atoms with Gasteiger partial charge in [0.2, 0.25) is 11.8 Å². The van der Waals surface area contributed by atoms with Crippen molar-refractivity contribution in [3.8, 4) is 11.5 Å². The maximum atomic E-state index is 13.1. The highest BCUT2D eigenvalue weighted by atomic mass is 32.2. The Labute approximate surface area is 190 Å². The van der Waals surface area contributed by atoms with Gasteiger partial charge in [0, 0.05) is 6.07 Å². The van der Waals surface area contributed by atoms with Gasteiger partial charge in [-0.25, -0.2) is 4.79 Å². The van der Waals surface area contributed by atoms with E-state index < -0.39 is 12.1 Å². The van der Waals surface area contributed by atoms with E-state index in [2.05, 4.69) is 16.0 Å². The molecule has 1 heterocycles. The first-order valence-electron chi connectivity index (χ1n) is 9.95. The minimum Gasteiger partial charge on any atom is -0.497 e. The Kier molecular flexibility index (Phi) is 7.82. The summed E-state index contributed by atoms with van der Waals surface area (Å²) in [5.74, 6) is 1.01. The lowest BCUT2D eigenvalue weighted by Gasteiger charge is -2.30. The van der Waals surface area contributed by atoms with Crippen LogP contribution in [0.1, 0.15) is 6.42 Å². The van der Waals surface area contributed by atoms with Crippen LogP contribution in [0.4, 0.5) is 21.9 Å². The smallest absolute Gasteiger partial charge is 0.323 e. The molecule has 0 bridgehead atoms. The van der Waals surface area contributed by atoms with E-state index in [0.29, 0.717) is 40.7 Å². The van der Waals surface area contributed by atoms with E-state index in [1.807, 2.05) is 6.26 Å². The zero-order valence-electron chi connectivity index (χ0n) is 18.1. The monoisotopic (exact) mass is 458 g/mol. The first kappa shape index (κ1) is 23.3. The van der Waals surface area contributed by atoms with E-state index in [-0.39, 0.29) is 18.4 Å². The molecule has 0 aliphatic carbocycles. The Morgan fingerprint density at radius 2 is 1.97 bits per heavy atom. The van der Waals surface area contributed by atoms with Crippen molar-refractivity contribution in [2.24, 2.45) is 0 Å². The normalized spacial score (nSPS) is 13.5. The molecule has 1 aliphatic heterocycles. The number of hydrogen-bond acceptors (Lipinski definition) is 6. The fourth-order valence-electron chi connectivity index (χ4n) is 3.27. The molecular weight excluding hydrogens is 432 g/mol. The van der Waals surface area contributed by atoms with Gasteiger partial charge in [0.25, 0.3) is 0 Å². The molecule has 0 aromatic heterocycles. The van der Waals surface area contributed by atoms with Crippen LogP contribution in [-0.2, 0) is 9.59 Å². The lowest BCUT2D eigenvalue weighted by molar-refractivity contribution is -0.118. The van der Waals surface area contributed by atoms with Crippen molar-refractivity contribution in [1.29, 1.82) is 0 Å². The van der Waals surface area contributed by atoms with Gasteiger partial charge in [-0.3, -0.25) is 14.5 Å². The maximum Gasteiger partial charge on any atom is 0.323 e. The zero-order chi connectivity index (χ0) is 23.1. The number of nitrogens with zero attached hydrogens (tertiary/aromatic N) is 1. The van der Waals surface area contributed by atoms with Crippen LogP contribution in [0.15, 0.2) is 42.5 Å². The van der Waals surface area contributed by atoms with E-state index in [9.17, 15) is 14.4 Å². The summed E-state index contributed by atoms with van der Waals surface area (Å²) in [4.78, 5) is 39.5. The van der Waals surface area contributed by atoms with E-state index in [4.69, 9.17) is 9.47 Å². The van der Waals surface area contributed by atoms with Crippen molar-refractivity contribution in [3.63, 3.8) is 0 Å². The molecule has 170 valence electrons. The third-order valence-corrected chi connectivity index (χ3v) is 5.55. The Morgan fingerprint density at radius 3 is 2.69 bits per heavy atom. The zero-order valence-corrected chi connectivity index (χ0v) is 19.0. The molecule has 4 amide bonds. The van der Waals surface area contributed by atoms with Crippen molar-refractivity contribution >= 4 is 46.7 Å². The van der Waals surface area contributed by atoms with Crippen LogP contribution in [0.2, 0.25) is 0 Å². The number of para-hydroxylation sites is 2. The average molecular weight is 459 g/mol. The number of carbonyl (C=O) groups is 3. The highest BCUT2D eigenvalue weighted by molar-refractivity contribution is 7.98. The van der Waals surface area contributed by atoms with Gasteiger partial charge >= 0.3 is 6.03 Å².